The van der Waals surface area contributed by atoms with Crippen LogP contribution in [-0.2, 0) is 9.59 Å². The van der Waals surface area contributed by atoms with Gasteiger partial charge in [-0.3, -0.25) is 9.69 Å². The molecule has 0 atom stereocenters. The van der Waals surface area contributed by atoms with E-state index in [1.807, 2.05) is 0 Å². The monoisotopic (exact) mass is 372 g/mol. The highest BCUT2D eigenvalue weighted by molar-refractivity contribution is 8.26. The van der Waals surface area contributed by atoms with E-state index < -0.39 is 18.4 Å². The number of halogens is 1. The van der Waals surface area contributed by atoms with E-state index in [1.165, 1.54) is 20.3 Å². The van der Waals surface area contributed by atoms with Crippen LogP contribution in [-0.4, -0.2) is 41.9 Å². The molecule has 0 saturated carbocycles. The van der Waals surface area contributed by atoms with Gasteiger partial charge in [-0.2, -0.15) is 0 Å². The molecule has 0 spiro atoms. The van der Waals surface area contributed by atoms with Crippen molar-refractivity contribution >= 4 is 57.9 Å². The van der Waals surface area contributed by atoms with Crippen LogP contribution < -0.4 is 14.6 Å². The molecular formula is C14H11ClNO5S2-. The molecule has 1 aromatic rings. The first-order valence-corrected chi connectivity index (χ1v) is 7.84. The van der Waals surface area contributed by atoms with E-state index in [0.29, 0.717) is 22.1 Å². The number of thiocarbonyl (C=S) groups is 1. The van der Waals surface area contributed by atoms with Gasteiger partial charge in [0.1, 0.15) is 15.8 Å². The van der Waals surface area contributed by atoms with E-state index in [-0.39, 0.29) is 9.23 Å². The SMILES string of the molecule is COc1cc(Cl)c(/C=C2\SC(=S)N(CC(=O)[O-])C2=O)c(OC)c1. The van der Waals surface area contributed by atoms with Crippen molar-refractivity contribution in [2.45, 2.75) is 0 Å². The van der Waals surface area contributed by atoms with Crippen molar-refractivity contribution < 1.29 is 24.2 Å². The maximum absolute atomic E-state index is 12.2. The fourth-order valence-corrected chi connectivity index (χ4v) is 3.38. The molecular weight excluding hydrogens is 362 g/mol. The highest BCUT2D eigenvalue weighted by Crippen LogP contribution is 2.38. The fraction of sp³-hybridized carbons (Fsp3) is 0.214. The van der Waals surface area contributed by atoms with Crippen molar-refractivity contribution in [1.29, 1.82) is 0 Å². The lowest BCUT2D eigenvalue weighted by Crippen LogP contribution is -2.40. The molecule has 1 saturated heterocycles. The van der Waals surface area contributed by atoms with Gasteiger partial charge in [0.15, 0.2) is 0 Å². The first-order valence-electron chi connectivity index (χ1n) is 6.24. The smallest absolute Gasteiger partial charge is 0.266 e. The minimum atomic E-state index is -1.39. The van der Waals surface area contributed by atoms with Crippen LogP contribution in [0.15, 0.2) is 17.0 Å². The number of hydrogen-bond donors (Lipinski definition) is 0. The summed E-state index contributed by atoms with van der Waals surface area (Å²) >= 11 is 12.2. The number of amides is 1. The van der Waals surface area contributed by atoms with Gasteiger partial charge in [-0.05, 0) is 12.1 Å². The summed E-state index contributed by atoms with van der Waals surface area (Å²) in [7, 11) is 2.96. The third-order valence-corrected chi connectivity index (χ3v) is 4.65. The van der Waals surface area contributed by atoms with Gasteiger partial charge in [0.05, 0.1) is 36.7 Å². The van der Waals surface area contributed by atoms with Crippen molar-refractivity contribution in [2.24, 2.45) is 0 Å². The number of carboxylic acid groups (broad SMARTS) is 1. The third kappa shape index (κ3) is 3.77. The number of carboxylic acids is 1. The second-order valence-electron chi connectivity index (χ2n) is 4.37. The lowest BCUT2D eigenvalue weighted by atomic mass is 10.1. The molecule has 122 valence electrons. The van der Waals surface area contributed by atoms with Gasteiger partial charge in [-0.1, -0.05) is 35.6 Å². The predicted molar refractivity (Wildman–Crippen MR) is 89.4 cm³/mol. The summed E-state index contributed by atoms with van der Waals surface area (Å²) < 4.78 is 10.5. The lowest BCUT2D eigenvalue weighted by Gasteiger charge is -2.14. The zero-order valence-corrected chi connectivity index (χ0v) is 14.5. The van der Waals surface area contributed by atoms with Crippen LogP contribution in [0.2, 0.25) is 5.02 Å². The summed E-state index contributed by atoms with van der Waals surface area (Å²) in [6.07, 6.45) is 1.51. The number of benzene rings is 1. The quantitative estimate of drug-likeness (QED) is 0.569. The Morgan fingerprint density at radius 1 is 1.43 bits per heavy atom. The Morgan fingerprint density at radius 2 is 2.13 bits per heavy atom. The minimum absolute atomic E-state index is 0.147. The first kappa shape index (κ1) is 17.6. The Hall–Kier alpha value is -1.77. The summed E-state index contributed by atoms with van der Waals surface area (Å²) in [5, 5.41) is 11.0. The van der Waals surface area contributed by atoms with E-state index >= 15 is 0 Å². The lowest BCUT2D eigenvalue weighted by molar-refractivity contribution is -0.305. The number of ether oxygens (including phenoxy) is 2. The normalized spacial score (nSPS) is 16.1. The van der Waals surface area contributed by atoms with Gasteiger partial charge in [0.2, 0.25) is 0 Å². The highest BCUT2D eigenvalue weighted by atomic mass is 35.5. The third-order valence-electron chi connectivity index (χ3n) is 2.96. The number of rotatable bonds is 5. The maximum atomic E-state index is 12.2. The van der Waals surface area contributed by atoms with Crippen molar-refractivity contribution in [3.63, 3.8) is 0 Å². The molecule has 9 heteroatoms. The molecule has 0 N–H and O–H groups in total. The average molecular weight is 373 g/mol. The van der Waals surface area contributed by atoms with Crippen molar-refractivity contribution in [1.82, 2.24) is 4.90 Å². The van der Waals surface area contributed by atoms with E-state index in [4.69, 9.17) is 33.3 Å². The molecule has 1 aliphatic rings. The van der Waals surface area contributed by atoms with E-state index in [2.05, 4.69) is 0 Å². The first-order chi connectivity index (χ1) is 10.9. The summed E-state index contributed by atoms with van der Waals surface area (Å²) in [5.74, 6) is -0.978. The molecule has 23 heavy (non-hydrogen) atoms. The molecule has 0 aromatic heterocycles. The summed E-state index contributed by atoms with van der Waals surface area (Å²) in [5.41, 5.74) is 0.476. The zero-order chi connectivity index (χ0) is 17.1. The van der Waals surface area contributed by atoms with Crippen molar-refractivity contribution in [2.75, 3.05) is 20.8 Å². The molecule has 0 radical (unpaired) electrons. The van der Waals surface area contributed by atoms with Gasteiger partial charge in [-0.15, -0.1) is 0 Å². The highest BCUT2D eigenvalue weighted by Gasteiger charge is 2.32. The van der Waals surface area contributed by atoms with Crippen molar-refractivity contribution in [3.05, 3.63) is 27.6 Å². The average Bonchev–Trinajstić information content (AvgIpc) is 2.76. The van der Waals surface area contributed by atoms with E-state index in [1.54, 1.807) is 12.1 Å². The summed E-state index contributed by atoms with van der Waals surface area (Å²) in [4.78, 5) is 24.1. The predicted octanol–water partition coefficient (Wildman–Crippen LogP) is 1.31. The summed E-state index contributed by atoms with van der Waals surface area (Å²) in [6.45, 7) is -0.588. The Bertz CT molecular complexity index is 719. The Morgan fingerprint density at radius 3 is 2.70 bits per heavy atom. The Labute approximate surface area is 147 Å². The molecule has 6 nitrogen and oxygen atoms in total. The van der Waals surface area contributed by atoms with Gasteiger partial charge in [-0.25, -0.2) is 0 Å². The number of carbonyl (C=O) groups is 2. The number of nitrogens with zero attached hydrogens (tertiary/aromatic N) is 1. The molecule has 1 fully saturated rings. The fourth-order valence-electron chi connectivity index (χ4n) is 1.89. The second kappa shape index (κ2) is 7.20. The number of thioether (sulfide) groups is 1. The van der Waals surface area contributed by atoms with Crippen LogP contribution in [0, 0.1) is 0 Å². The van der Waals surface area contributed by atoms with Crippen LogP contribution in [0.25, 0.3) is 6.08 Å². The van der Waals surface area contributed by atoms with Crippen LogP contribution in [0.4, 0.5) is 0 Å². The molecule has 2 rings (SSSR count). The maximum Gasteiger partial charge on any atom is 0.266 e. The Kier molecular flexibility index (Phi) is 5.51. The topological polar surface area (TPSA) is 78.9 Å². The second-order valence-corrected chi connectivity index (χ2v) is 6.45. The van der Waals surface area contributed by atoms with Crippen LogP contribution in [0.1, 0.15) is 5.56 Å². The number of carbonyl (C=O) groups excluding carboxylic acids is 2. The molecule has 1 amide bonds. The standard InChI is InChI=1S/C14H12ClNO5S2/c1-20-7-3-9(15)8(10(4-7)21-2)5-11-13(19)16(6-12(17)18)14(22)23-11/h3-5H,6H2,1-2H3,(H,17,18)/p-1/b11-5-. The molecule has 0 unspecified atom stereocenters. The van der Waals surface area contributed by atoms with Crippen LogP contribution in [0.5, 0.6) is 11.5 Å². The molecule has 0 bridgehead atoms. The number of methoxy groups -OCH3 is 2. The summed E-state index contributed by atoms with van der Waals surface area (Å²) in [6, 6.07) is 3.21. The van der Waals surface area contributed by atoms with E-state index in [9.17, 15) is 14.7 Å². The molecule has 1 aliphatic heterocycles. The van der Waals surface area contributed by atoms with E-state index in [0.717, 1.165) is 16.7 Å². The number of hydrogen-bond acceptors (Lipinski definition) is 7. The van der Waals surface area contributed by atoms with Gasteiger partial charge in [0.25, 0.3) is 5.91 Å². The molecule has 1 heterocycles. The zero-order valence-electron chi connectivity index (χ0n) is 12.1. The minimum Gasteiger partial charge on any atom is -0.548 e. The number of aliphatic carboxylic acids is 1. The largest absolute Gasteiger partial charge is 0.548 e. The van der Waals surface area contributed by atoms with Gasteiger partial charge in [0, 0.05) is 11.6 Å². The van der Waals surface area contributed by atoms with Gasteiger partial charge < -0.3 is 19.4 Å². The molecule has 0 aliphatic carbocycles. The van der Waals surface area contributed by atoms with Crippen LogP contribution in [0.3, 0.4) is 0 Å². The van der Waals surface area contributed by atoms with Crippen molar-refractivity contribution in [3.8, 4) is 11.5 Å². The Balaban J connectivity index is 2.41. The van der Waals surface area contributed by atoms with Crippen LogP contribution >= 0.6 is 35.6 Å². The van der Waals surface area contributed by atoms with Gasteiger partial charge >= 0.3 is 0 Å². The molecule has 1 aromatic carbocycles.